The smallest absolute Gasteiger partial charge is 0.277 e. The van der Waals surface area contributed by atoms with Crippen molar-refractivity contribution in [3.05, 3.63) is 32.7 Å². The number of rotatable bonds is 3. The molecule has 0 radical (unpaired) electrons. The highest BCUT2D eigenvalue weighted by atomic mass is 32.1. The van der Waals surface area contributed by atoms with Crippen molar-refractivity contribution in [2.75, 3.05) is 26.2 Å². The summed E-state index contributed by atoms with van der Waals surface area (Å²) < 4.78 is 1.40. The summed E-state index contributed by atoms with van der Waals surface area (Å²) in [6.45, 7) is 8.86. The molecule has 1 saturated heterocycles. The molecule has 118 valence electrons. The first kappa shape index (κ1) is 15.3. The fourth-order valence-corrected chi connectivity index (χ4v) is 3.60. The first-order valence-electron chi connectivity index (χ1n) is 7.48. The first-order valence-corrected chi connectivity index (χ1v) is 8.36. The largest absolute Gasteiger partial charge is 0.314 e. The molecule has 2 aromatic rings. The van der Waals surface area contributed by atoms with Crippen LogP contribution in [0, 0.1) is 13.8 Å². The van der Waals surface area contributed by atoms with Crippen molar-refractivity contribution in [3.8, 4) is 10.6 Å². The lowest BCUT2D eigenvalue weighted by Gasteiger charge is -2.26. The zero-order valence-electron chi connectivity index (χ0n) is 13.2. The number of aromatic nitrogens is 3. The van der Waals surface area contributed by atoms with E-state index in [0.717, 1.165) is 54.7 Å². The van der Waals surface area contributed by atoms with Gasteiger partial charge in [0.25, 0.3) is 5.56 Å². The quantitative estimate of drug-likeness (QED) is 0.912. The SMILES string of the molecule is Cc1nn(C)c(=O)c(-c2nc(CN3CCNCC3)cs2)c1C. The number of hydrogen-bond donors (Lipinski definition) is 1. The lowest BCUT2D eigenvalue weighted by Crippen LogP contribution is -2.42. The van der Waals surface area contributed by atoms with Crippen LogP contribution in [0.4, 0.5) is 0 Å². The van der Waals surface area contributed by atoms with Crippen LogP contribution in [0.2, 0.25) is 0 Å². The van der Waals surface area contributed by atoms with Crippen molar-refractivity contribution in [2.24, 2.45) is 7.05 Å². The van der Waals surface area contributed by atoms with Crippen molar-refractivity contribution in [3.63, 3.8) is 0 Å². The maximum absolute atomic E-state index is 12.4. The van der Waals surface area contributed by atoms with Crippen molar-refractivity contribution in [2.45, 2.75) is 20.4 Å². The lowest BCUT2D eigenvalue weighted by molar-refractivity contribution is 0.231. The minimum absolute atomic E-state index is 0.0776. The summed E-state index contributed by atoms with van der Waals surface area (Å²) in [7, 11) is 1.69. The molecule has 3 rings (SSSR count). The lowest BCUT2D eigenvalue weighted by atomic mass is 10.1. The molecule has 0 atom stereocenters. The van der Waals surface area contributed by atoms with Crippen LogP contribution in [0.1, 0.15) is 17.0 Å². The highest BCUT2D eigenvalue weighted by Gasteiger charge is 2.17. The number of thiazole rings is 1. The Labute approximate surface area is 133 Å². The molecule has 0 unspecified atom stereocenters. The van der Waals surface area contributed by atoms with Gasteiger partial charge in [-0.2, -0.15) is 5.10 Å². The number of aryl methyl sites for hydroxylation is 2. The van der Waals surface area contributed by atoms with E-state index in [-0.39, 0.29) is 5.56 Å². The topological polar surface area (TPSA) is 63.1 Å². The Morgan fingerprint density at radius 3 is 2.77 bits per heavy atom. The van der Waals surface area contributed by atoms with Gasteiger partial charge in [0.2, 0.25) is 0 Å². The molecule has 3 heterocycles. The van der Waals surface area contributed by atoms with E-state index in [9.17, 15) is 4.79 Å². The van der Waals surface area contributed by atoms with Gasteiger partial charge in [0.1, 0.15) is 5.01 Å². The molecule has 2 aromatic heterocycles. The molecule has 1 fully saturated rings. The van der Waals surface area contributed by atoms with Crippen LogP contribution >= 0.6 is 11.3 Å². The third-order valence-electron chi connectivity index (χ3n) is 4.09. The summed E-state index contributed by atoms with van der Waals surface area (Å²) in [6, 6.07) is 0. The van der Waals surface area contributed by atoms with Gasteiger partial charge in [0.05, 0.1) is 17.0 Å². The Balaban J connectivity index is 1.89. The van der Waals surface area contributed by atoms with Crippen LogP contribution in [-0.2, 0) is 13.6 Å². The van der Waals surface area contributed by atoms with Crippen molar-refractivity contribution in [1.29, 1.82) is 0 Å². The molecule has 6 nitrogen and oxygen atoms in total. The van der Waals surface area contributed by atoms with Gasteiger partial charge >= 0.3 is 0 Å². The van der Waals surface area contributed by atoms with E-state index in [1.807, 2.05) is 13.8 Å². The van der Waals surface area contributed by atoms with Crippen LogP contribution in [0.3, 0.4) is 0 Å². The normalized spacial score (nSPS) is 16.1. The van der Waals surface area contributed by atoms with E-state index in [1.54, 1.807) is 18.4 Å². The van der Waals surface area contributed by atoms with E-state index in [4.69, 9.17) is 4.98 Å². The van der Waals surface area contributed by atoms with Gasteiger partial charge in [0.15, 0.2) is 0 Å². The van der Waals surface area contributed by atoms with Crippen LogP contribution in [0.15, 0.2) is 10.2 Å². The first-order chi connectivity index (χ1) is 10.6. The molecule has 0 aromatic carbocycles. The van der Waals surface area contributed by atoms with E-state index >= 15 is 0 Å². The average Bonchev–Trinajstić information content (AvgIpc) is 2.95. The number of nitrogens with zero attached hydrogens (tertiary/aromatic N) is 4. The van der Waals surface area contributed by atoms with Gasteiger partial charge in [-0.25, -0.2) is 9.67 Å². The molecule has 22 heavy (non-hydrogen) atoms. The summed E-state index contributed by atoms with van der Waals surface area (Å²) >= 11 is 1.54. The van der Waals surface area contributed by atoms with Crippen LogP contribution in [0.5, 0.6) is 0 Å². The zero-order valence-corrected chi connectivity index (χ0v) is 14.0. The second-order valence-corrected chi connectivity index (χ2v) is 6.54. The van der Waals surface area contributed by atoms with Crippen molar-refractivity contribution in [1.82, 2.24) is 25.0 Å². The second-order valence-electron chi connectivity index (χ2n) is 5.68. The maximum Gasteiger partial charge on any atom is 0.277 e. The third kappa shape index (κ3) is 2.97. The summed E-state index contributed by atoms with van der Waals surface area (Å²) in [5.41, 5.74) is 3.44. The fraction of sp³-hybridized carbons (Fsp3) is 0.533. The zero-order chi connectivity index (χ0) is 15.7. The van der Waals surface area contributed by atoms with Crippen LogP contribution < -0.4 is 10.9 Å². The Morgan fingerprint density at radius 1 is 1.32 bits per heavy atom. The molecule has 7 heteroatoms. The predicted octanol–water partition coefficient (Wildman–Crippen LogP) is 0.926. The highest BCUT2D eigenvalue weighted by molar-refractivity contribution is 7.13. The van der Waals surface area contributed by atoms with Crippen LogP contribution in [-0.4, -0.2) is 45.8 Å². The summed E-state index contributed by atoms with van der Waals surface area (Å²) in [6.07, 6.45) is 0. The second kappa shape index (κ2) is 6.28. The monoisotopic (exact) mass is 319 g/mol. The molecule has 1 N–H and O–H groups in total. The minimum Gasteiger partial charge on any atom is -0.314 e. The Morgan fingerprint density at radius 2 is 2.05 bits per heavy atom. The number of piperazine rings is 1. The maximum atomic E-state index is 12.4. The van der Waals surface area contributed by atoms with E-state index in [0.29, 0.717) is 5.56 Å². The Hall–Kier alpha value is -1.57. The van der Waals surface area contributed by atoms with Gasteiger partial charge in [-0.15, -0.1) is 11.3 Å². The van der Waals surface area contributed by atoms with Gasteiger partial charge in [0, 0.05) is 45.2 Å². The van der Waals surface area contributed by atoms with Gasteiger partial charge in [-0.1, -0.05) is 0 Å². The molecule has 0 aliphatic carbocycles. The standard InChI is InChI=1S/C15H21N5OS/c1-10-11(2)18-19(3)15(21)13(10)14-17-12(9-22-14)8-20-6-4-16-5-7-20/h9,16H,4-8H2,1-3H3. The molecule has 1 aliphatic heterocycles. The highest BCUT2D eigenvalue weighted by Crippen LogP contribution is 2.25. The molecule has 0 saturated carbocycles. The molecule has 0 bridgehead atoms. The number of nitrogens with one attached hydrogen (secondary N) is 1. The third-order valence-corrected chi connectivity index (χ3v) is 4.99. The van der Waals surface area contributed by atoms with Gasteiger partial charge < -0.3 is 5.32 Å². The summed E-state index contributed by atoms with van der Waals surface area (Å²) in [4.78, 5) is 19.5. The van der Waals surface area contributed by atoms with Crippen molar-refractivity contribution >= 4 is 11.3 Å². The summed E-state index contributed by atoms with van der Waals surface area (Å²) in [5, 5.41) is 10.4. The summed E-state index contributed by atoms with van der Waals surface area (Å²) in [5.74, 6) is 0. The van der Waals surface area contributed by atoms with Crippen LogP contribution in [0.25, 0.3) is 10.6 Å². The van der Waals surface area contributed by atoms with Crippen molar-refractivity contribution < 1.29 is 0 Å². The fourth-order valence-electron chi connectivity index (χ4n) is 2.69. The molecule has 1 aliphatic rings. The Kier molecular flexibility index (Phi) is 4.37. The van der Waals surface area contributed by atoms with E-state index in [1.165, 1.54) is 4.68 Å². The minimum atomic E-state index is -0.0776. The Bertz CT molecular complexity index is 730. The van der Waals surface area contributed by atoms with Gasteiger partial charge in [-0.3, -0.25) is 9.69 Å². The predicted molar refractivity (Wildman–Crippen MR) is 88.2 cm³/mol. The average molecular weight is 319 g/mol. The van der Waals surface area contributed by atoms with Gasteiger partial charge in [-0.05, 0) is 19.4 Å². The molecule has 0 amide bonds. The van der Waals surface area contributed by atoms with E-state index < -0.39 is 0 Å². The molecular formula is C15H21N5OS. The van der Waals surface area contributed by atoms with E-state index in [2.05, 4.69) is 20.7 Å². The molecule has 0 spiro atoms. The number of hydrogen-bond acceptors (Lipinski definition) is 6. The molecular weight excluding hydrogens is 298 g/mol.